The van der Waals surface area contributed by atoms with E-state index in [9.17, 15) is 0 Å². The van der Waals surface area contributed by atoms with Crippen molar-refractivity contribution in [3.63, 3.8) is 0 Å². The van der Waals surface area contributed by atoms with Crippen LogP contribution in [0.15, 0.2) is 18.2 Å². The minimum atomic E-state index is 0.421. The van der Waals surface area contributed by atoms with Crippen molar-refractivity contribution in [3.8, 4) is 5.75 Å². The van der Waals surface area contributed by atoms with Gasteiger partial charge in [0.15, 0.2) is 0 Å². The maximum atomic E-state index is 5.88. The molecule has 1 fully saturated rings. The van der Waals surface area contributed by atoms with E-state index in [0.29, 0.717) is 6.04 Å². The van der Waals surface area contributed by atoms with E-state index < -0.39 is 0 Å². The van der Waals surface area contributed by atoms with Gasteiger partial charge >= 0.3 is 0 Å². The minimum absolute atomic E-state index is 0.421. The Balaban J connectivity index is 2.23. The summed E-state index contributed by atoms with van der Waals surface area (Å²) < 4.78 is 5.88. The van der Waals surface area contributed by atoms with Gasteiger partial charge in [0.1, 0.15) is 5.75 Å². The monoisotopic (exact) mass is 289 g/mol. The van der Waals surface area contributed by atoms with Gasteiger partial charge in [-0.25, -0.2) is 0 Å². The Morgan fingerprint density at radius 1 is 1.14 bits per heavy atom. The summed E-state index contributed by atoms with van der Waals surface area (Å²) in [7, 11) is 2.10. The van der Waals surface area contributed by atoms with Crippen LogP contribution in [0.2, 0.25) is 0 Å². The van der Waals surface area contributed by atoms with Crippen LogP contribution in [0, 0.1) is 12.8 Å². The molecule has 0 saturated heterocycles. The zero-order chi connectivity index (χ0) is 15.1. The van der Waals surface area contributed by atoms with Gasteiger partial charge in [-0.3, -0.25) is 0 Å². The number of nitrogens with one attached hydrogen (secondary N) is 1. The normalized spacial score (nSPS) is 18.8. The second-order valence-corrected chi connectivity index (χ2v) is 6.35. The van der Waals surface area contributed by atoms with Crippen LogP contribution in [-0.4, -0.2) is 13.7 Å². The average molecular weight is 289 g/mol. The Labute approximate surface area is 130 Å². The van der Waals surface area contributed by atoms with E-state index in [0.717, 1.165) is 18.3 Å². The highest BCUT2D eigenvalue weighted by atomic mass is 16.5. The zero-order valence-electron chi connectivity index (χ0n) is 14.0. The Morgan fingerprint density at radius 3 is 2.43 bits per heavy atom. The lowest BCUT2D eigenvalue weighted by Crippen LogP contribution is -2.26. The van der Waals surface area contributed by atoms with E-state index in [1.165, 1.54) is 56.1 Å². The fourth-order valence-corrected chi connectivity index (χ4v) is 3.66. The van der Waals surface area contributed by atoms with Gasteiger partial charge < -0.3 is 10.1 Å². The predicted molar refractivity (Wildman–Crippen MR) is 90.0 cm³/mol. The molecule has 118 valence electrons. The van der Waals surface area contributed by atoms with Crippen LogP contribution in [0.4, 0.5) is 0 Å². The summed E-state index contributed by atoms with van der Waals surface area (Å²) in [5, 5.41) is 3.58. The van der Waals surface area contributed by atoms with Crippen molar-refractivity contribution in [2.45, 2.75) is 64.8 Å². The van der Waals surface area contributed by atoms with Gasteiger partial charge in [-0.1, -0.05) is 49.8 Å². The molecule has 0 radical (unpaired) electrons. The summed E-state index contributed by atoms with van der Waals surface area (Å²) in [6, 6.07) is 7.02. The topological polar surface area (TPSA) is 21.3 Å². The highest BCUT2D eigenvalue weighted by Crippen LogP contribution is 2.37. The molecule has 0 bridgehead atoms. The van der Waals surface area contributed by atoms with E-state index in [-0.39, 0.29) is 0 Å². The van der Waals surface area contributed by atoms with Crippen molar-refractivity contribution < 1.29 is 4.74 Å². The number of hydrogen-bond donors (Lipinski definition) is 1. The Kier molecular flexibility index (Phi) is 6.56. The smallest absolute Gasteiger partial charge is 0.124 e. The molecule has 2 nitrogen and oxygen atoms in total. The third kappa shape index (κ3) is 4.47. The second-order valence-electron chi connectivity index (χ2n) is 6.35. The summed E-state index contributed by atoms with van der Waals surface area (Å²) in [5.74, 6) is 1.79. The molecule has 1 aromatic carbocycles. The molecule has 21 heavy (non-hydrogen) atoms. The van der Waals surface area contributed by atoms with Crippen molar-refractivity contribution in [2.24, 2.45) is 5.92 Å². The van der Waals surface area contributed by atoms with Gasteiger partial charge in [-0.05, 0) is 45.7 Å². The van der Waals surface area contributed by atoms with E-state index in [1.807, 2.05) is 0 Å². The summed E-state index contributed by atoms with van der Waals surface area (Å²) in [4.78, 5) is 0. The number of aryl methyl sites for hydroxylation is 1. The molecule has 1 unspecified atom stereocenters. The maximum Gasteiger partial charge on any atom is 0.124 e. The van der Waals surface area contributed by atoms with E-state index in [2.05, 4.69) is 44.4 Å². The maximum absolute atomic E-state index is 5.88. The van der Waals surface area contributed by atoms with Crippen LogP contribution in [0.5, 0.6) is 5.75 Å². The summed E-state index contributed by atoms with van der Waals surface area (Å²) in [6.45, 7) is 4.97. The van der Waals surface area contributed by atoms with E-state index in [1.54, 1.807) is 0 Å². The first-order valence-corrected chi connectivity index (χ1v) is 8.67. The molecular formula is C19H31NO. The first-order valence-electron chi connectivity index (χ1n) is 8.67. The SMILES string of the molecule is CCOc1ccc(C)cc1C(NC)C1CCCCCCC1. The van der Waals surface area contributed by atoms with Gasteiger partial charge in [0.05, 0.1) is 6.61 Å². The standard InChI is InChI=1S/C19H31NO/c1-4-21-18-13-12-15(2)14-17(18)19(20-3)16-10-8-6-5-7-9-11-16/h12-14,16,19-20H,4-11H2,1-3H3. The van der Waals surface area contributed by atoms with Crippen LogP contribution in [0.1, 0.15) is 69.0 Å². The molecule has 0 amide bonds. The molecule has 0 aromatic heterocycles. The van der Waals surface area contributed by atoms with Crippen molar-refractivity contribution in [1.82, 2.24) is 5.32 Å². The molecular weight excluding hydrogens is 258 g/mol. The third-order valence-electron chi connectivity index (χ3n) is 4.73. The largest absolute Gasteiger partial charge is 0.494 e. The van der Waals surface area contributed by atoms with Crippen LogP contribution >= 0.6 is 0 Å². The lowest BCUT2D eigenvalue weighted by molar-refractivity contribution is 0.283. The van der Waals surface area contributed by atoms with E-state index >= 15 is 0 Å². The van der Waals surface area contributed by atoms with Crippen molar-refractivity contribution in [1.29, 1.82) is 0 Å². The van der Waals surface area contributed by atoms with Crippen molar-refractivity contribution >= 4 is 0 Å². The van der Waals surface area contributed by atoms with Gasteiger partial charge in [-0.2, -0.15) is 0 Å². The molecule has 1 N–H and O–H groups in total. The van der Waals surface area contributed by atoms with Crippen LogP contribution in [0.25, 0.3) is 0 Å². The van der Waals surface area contributed by atoms with Gasteiger partial charge in [-0.15, -0.1) is 0 Å². The molecule has 0 spiro atoms. The van der Waals surface area contributed by atoms with Crippen molar-refractivity contribution in [2.75, 3.05) is 13.7 Å². The second kappa shape index (κ2) is 8.43. The fraction of sp³-hybridized carbons (Fsp3) is 0.684. The van der Waals surface area contributed by atoms with Gasteiger partial charge in [0.2, 0.25) is 0 Å². The summed E-state index contributed by atoms with van der Waals surface area (Å²) >= 11 is 0. The molecule has 1 aromatic rings. The van der Waals surface area contributed by atoms with Gasteiger partial charge in [0, 0.05) is 11.6 Å². The summed E-state index contributed by atoms with van der Waals surface area (Å²) in [6.07, 6.45) is 9.65. The first kappa shape index (κ1) is 16.4. The molecule has 1 aliphatic rings. The number of hydrogen-bond acceptors (Lipinski definition) is 2. The molecule has 2 rings (SSSR count). The zero-order valence-corrected chi connectivity index (χ0v) is 14.0. The Hall–Kier alpha value is -1.02. The number of benzene rings is 1. The lowest BCUT2D eigenvalue weighted by Gasteiger charge is -2.30. The van der Waals surface area contributed by atoms with Crippen LogP contribution < -0.4 is 10.1 Å². The highest BCUT2D eigenvalue weighted by Gasteiger charge is 2.25. The molecule has 1 aliphatic carbocycles. The third-order valence-corrected chi connectivity index (χ3v) is 4.73. The fourth-order valence-electron chi connectivity index (χ4n) is 3.66. The predicted octanol–water partition coefficient (Wildman–Crippen LogP) is 5.01. The Bertz CT molecular complexity index is 422. The lowest BCUT2D eigenvalue weighted by atomic mass is 9.82. The quantitative estimate of drug-likeness (QED) is 0.822. The molecule has 0 heterocycles. The van der Waals surface area contributed by atoms with E-state index in [4.69, 9.17) is 4.74 Å². The number of ether oxygens (including phenoxy) is 1. The Morgan fingerprint density at radius 2 is 1.81 bits per heavy atom. The van der Waals surface area contributed by atoms with Crippen LogP contribution in [0.3, 0.4) is 0 Å². The molecule has 0 aliphatic heterocycles. The van der Waals surface area contributed by atoms with Crippen LogP contribution in [-0.2, 0) is 0 Å². The number of rotatable bonds is 5. The molecule has 1 atom stereocenters. The first-order chi connectivity index (χ1) is 10.3. The average Bonchev–Trinajstić information content (AvgIpc) is 2.44. The summed E-state index contributed by atoms with van der Waals surface area (Å²) in [5.41, 5.74) is 2.67. The highest BCUT2D eigenvalue weighted by molar-refractivity contribution is 5.39. The van der Waals surface area contributed by atoms with Crippen molar-refractivity contribution in [3.05, 3.63) is 29.3 Å². The van der Waals surface area contributed by atoms with Gasteiger partial charge in [0.25, 0.3) is 0 Å². The molecule has 1 saturated carbocycles. The minimum Gasteiger partial charge on any atom is -0.494 e. The molecule has 2 heteroatoms.